The first-order valence-electron chi connectivity index (χ1n) is 9.87. The lowest BCUT2D eigenvalue weighted by Gasteiger charge is -2.29. The summed E-state index contributed by atoms with van der Waals surface area (Å²) in [5.41, 5.74) is 0.586. The average Bonchev–Trinajstić information content (AvgIpc) is 3.00. The van der Waals surface area contributed by atoms with Crippen molar-refractivity contribution in [1.82, 2.24) is 15.5 Å². The average molecular weight is 423 g/mol. The highest BCUT2D eigenvalue weighted by molar-refractivity contribution is 6.22. The van der Waals surface area contributed by atoms with Gasteiger partial charge in [0.2, 0.25) is 0 Å². The van der Waals surface area contributed by atoms with Crippen molar-refractivity contribution in [2.24, 2.45) is 0 Å². The maximum Gasteiger partial charge on any atom is 0.262 e. The van der Waals surface area contributed by atoms with Gasteiger partial charge in [-0.1, -0.05) is 6.07 Å². The van der Waals surface area contributed by atoms with Gasteiger partial charge in [-0.05, 0) is 57.2 Å². The van der Waals surface area contributed by atoms with Gasteiger partial charge in [-0.3, -0.25) is 24.1 Å². The molecule has 3 rings (SSSR count). The monoisotopic (exact) mass is 423 g/mol. The third-order valence-electron chi connectivity index (χ3n) is 4.85. The van der Waals surface area contributed by atoms with Crippen LogP contribution in [0.15, 0.2) is 42.5 Å². The van der Waals surface area contributed by atoms with Gasteiger partial charge in [-0.25, -0.2) is 0 Å². The van der Waals surface area contributed by atoms with Crippen LogP contribution in [-0.4, -0.2) is 54.3 Å². The fraction of sp³-hybridized carbons (Fsp3) is 0.304. The smallest absolute Gasteiger partial charge is 0.262 e. The first-order valence-corrected chi connectivity index (χ1v) is 9.87. The van der Waals surface area contributed by atoms with Crippen LogP contribution in [0.1, 0.15) is 62.2 Å². The Balaban J connectivity index is 1.58. The maximum atomic E-state index is 12.7. The summed E-state index contributed by atoms with van der Waals surface area (Å²) in [7, 11) is 1.52. The Morgan fingerprint density at radius 2 is 1.45 bits per heavy atom. The molecule has 162 valence electrons. The van der Waals surface area contributed by atoms with E-state index in [9.17, 15) is 19.2 Å². The zero-order chi connectivity index (χ0) is 22.8. The van der Waals surface area contributed by atoms with Gasteiger partial charge in [0, 0.05) is 29.8 Å². The molecule has 0 saturated heterocycles. The SMILES string of the molecule is COc1cccc(C(=O)NCCNC(=O)c2ccc3c(c2)C(=O)N(C(C)(C)C)C3=O)c1. The lowest BCUT2D eigenvalue weighted by molar-refractivity contribution is 0.0507. The van der Waals surface area contributed by atoms with E-state index < -0.39 is 17.4 Å². The van der Waals surface area contributed by atoms with Crippen molar-refractivity contribution in [2.75, 3.05) is 20.2 Å². The number of hydrogen-bond acceptors (Lipinski definition) is 5. The lowest BCUT2D eigenvalue weighted by atomic mass is 10.1. The Morgan fingerprint density at radius 3 is 2.03 bits per heavy atom. The number of carbonyl (C=O) groups excluding carboxylic acids is 4. The van der Waals surface area contributed by atoms with Crippen molar-refractivity contribution < 1.29 is 23.9 Å². The van der Waals surface area contributed by atoms with Crippen LogP contribution in [0.25, 0.3) is 0 Å². The Hall–Kier alpha value is -3.68. The number of fused-ring (bicyclic) bond motifs is 1. The van der Waals surface area contributed by atoms with Crippen LogP contribution in [-0.2, 0) is 0 Å². The molecule has 4 amide bonds. The number of hydrogen-bond donors (Lipinski definition) is 2. The minimum absolute atomic E-state index is 0.201. The second-order valence-corrected chi connectivity index (χ2v) is 8.12. The number of benzene rings is 2. The van der Waals surface area contributed by atoms with Gasteiger partial charge >= 0.3 is 0 Å². The molecule has 2 aromatic carbocycles. The number of methoxy groups -OCH3 is 1. The largest absolute Gasteiger partial charge is 0.497 e. The highest BCUT2D eigenvalue weighted by Crippen LogP contribution is 2.29. The van der Waals surface area contributed by atoms with E-state index in [-0.39, 0.29) is 36.0 Å². The second kappa shape index (κ2) is 8.59. The zero-order valence-electron chi connectivity index (χ0n) is 17.9. The number of nitrogens with zero attached hydrogens (tertiary/aromatic N) is 1. The first-order chi connectivity index (χ1) is 14.6. The van der Waals surface area contributed by atoms with Crippen molar-refractivity contribution in [3.8, 4) is 5.75 Å². The van der Waals surface area contributed by atoms with Gasteiger partial charge in [0.05, 0.1) is 18.2 Å². The Bertz CT molecular complexity index is 1060. The lowest BCUT2D eigenvalue weighted by Crippen LogP contribution is -2.45. The molecule has 0 aromatic heterocycles. The van der Waals surface area contributed by atoms with E-state index >= 15 is 0 Å². The molecule has 1 heterocycles. The molecule has 0 spiro atoms. The van der Waals surface area contributed by atoms with Crippen molar-refractivity contribution in [3.05, 3.63) is 64.7 Å². The number of ether oxygens (including phenoxy) is 1. The molecule has 0 fully saturated rings. The third-order valence-corrected chi connectivity index (χ3v) is 4.85. The summed E-state index contributed by atoms with van der Waals surface area (Å²) < 4.78 is 5.10. The molecular weight excluding hydrogens is 398 g/mol. The number of carbonyl (C=O) groups is 4. The maximum absolute atomic E-state index is 12.7. The molecule has 0 saturated carbocycles. The Morgan fingerprint density at radius 1 is 0.871 bits per heavy atom. The summed E-state index contributed by atoms with van der Waals surface area (Å²) >= 11 is 0. The van der Waals surface area contributed by atoms with Crippen molar-refractivity contribution in [1.29, 1.82) is 0 Å². The van der Waals surface area contributed by atoms with Gasteiger partial charge < -0.3 is 15.4 Å². The Labute approximate surface area is 180 Å². The van der Waals surface area contributed by atoms with E-state index in [2.05, 4.69) is 10.6 Å². The molecule has 0 radical (unpaired) electrons. The topological polar surface area (TPSA) is 105 Å². The normalized spacial score (nSPS) is 13.1. The molecule has 0 atom stereocenters. The van der Waals surface area contributed by atoms with E-state index in [1.165, 1.54) is 30.2 Å². The van der Waals surface area contributed by atoms with Gasteiger partial charge in [0.15, 0.2) is 0 Å². The van der Waals surface area contributed by atoms with Crippen LogP contribution >= 0.6 is 0 Å². The number of amides is 4. The summed E-state index contributed by atoms with van der Waals surface area (Å²) in [4.78, 5) is 51.0. The molecule has 0 unspecified atom stereocenters. The highest BCUT2D eigenvalue weighted by atomic mass is 16.5. The summed E-state index contributed by atoms with van der Waals surface area (Å²) in [6.45, 7) is 5.76. The van der Waals surface area contributed by atoms with Crippen LogP contribution in [0.2, 0.25) is 0 Å². The number of imide groups is 1. The summed E-state index contributed by atoms with van der Waals surface area (Å²) in [6.07, 6.45) is 0. The first kappa shape index (κ1) is 22.0. The van der Waals surface area contributed by atoms with E-state index in [0.717, 1.165) is 0 Å². The quantitative estimate of drug-likeness (QED) is 0.548. The molecule has 2 N–H and O–H groups in total. The van der Waals surface area contributed by atoms with Crippen molar-refractivity contribution in [3.63, 3.8) is 0 Å². The fourth-order valence-electron chi connectivity index (χ4n) is 3.31. The van der Waals surface area contributed by atoms with Crippen LogP contribution < -0.4 is 15.4 Å². The molecule has 0 bridgehead atoms. The Kier molecular flexibility index (Phi) is 6.10. The highest BCUT2D eigenvalue weighted by Gasteiger charge is 2.42. The van der Waals surface area contributed by atoms with Crippen molar-refractivity contribution >= 4 is 23.6 Å². The molecule has 0 aliphatic carbocycles. The summed E-state index contributed by atoms with van der Waals surface area (Å²) in [5, 5.41) is 5.42. The molecule has 2 aromatic rings. The molecule has 31 heavy (non-hydrogen) atoms. The second-order valence-electron chi connectivity index (χ2n) is 8.12. The predicted octanol–water partition coefficient (Wildman–Crippen LogP) is 2.25. The van der Waals surface area contributed by atoms with E-state index in [4.69, 9.17) is 4.74 Å². The molecule has 8 nitrogen and oxygen atoms in total. The van der Waals surface area contributed by atoms with Crippen molar-refractivity contribution in [2.45, 2.75) is 26.3 Å². The summed E-state index contributed by atoms with van der Waals surface area (Å²) in [6, 6.07) is 11.2. The predicted molar refractivity (Wildman–Crippen MR) is 114 cm³/mol. The van der Waals surface area contributed by atoms with Gasteiger partial charge in [0.25, 0.3) is 23.6 Å². The van der Waals surface area contributed by atoms with Gasteiger partial charge in [0.1, 0.15) is 5.75 Å². The molecular formula is C23H25N3O5. The number of nitrogens with one attached hydrogen (secondary N) is 2. The van der Waals surface area contributed by atoms with E-state index in [0.29, 0.717) is 16.9 Å². The van der Waals surface area contributed by atoms with Gasteiger partial charge in [-0.2, -0.15) is 0 Å². The van der Waals surface area contributed by atoms with Gasteiger partial charge in [-0.15, -0.1) is 0 Å². The van der Waals surface area contributed by atoms with E-state index in [1.807, 2.05) is 0 Å². The minimum atomic E-state index is -0.656. The van der Waals surface area contributed by atoms with Crippen LogP contribution in [0.5, 0.6) is 5.75 Å². The minimum Gasteiger partial charge on any atom is -0.497 e. The van der Waals surface area contributed by atoms with Crippen LogP contribution in [0.3, 0.4) is 0 Å². The van der Waals surface area contributed by atoms with Crippen LogP contribution in [0.4, 0.5) is 0 Å². The summed E-state index contributed by atoms with van der Waals surface area (Å²) in [5.74, 6) is -0.868. The van der Waals surface area contributed by atoms with Crippen LogP contribution in [0, 0.1) is 0 Å². The molecule has 1 aliphatic heterocycles. The number of rotatable bonds is 6. The fourth-order valence-corrected chi connectivity index (χ4v) is 3.31. The standard InChI is InChI=1S/C23H25N3O5/c1-23(2,3)26-21(29)17-9-8-15(13-18(17)22(26)30)20(28)25-11-10-24-19(27)14-6-5-7-16(12-14)31-4/h5-9,12-13H,10-11H2,1-4H3,(H,24,27)(H,25,28). The molecule has 8 heteroatoms. The third kappa shape index (κ3) is 4.58. The van der Waals surface area contributed by atoms with E-state index in [1.54, 1.807) is 45.0 Å². The zero-order valence-corrected chi connectivity index (χ0v) is 17.9. The molecule has 1 aliphatic rings.